The van der Waals surface area contributed by atoms with Crippen molar-refractivity contribution < 1.29 is 13.9 Å². The summed E-state index contributed by atoms with van der Waals surface area (Å²) in [6, 6.07) is 4.73. The van der Waals surface area contributed by atoms with Crippen molar-refractivity contribution in [2.24, 2.45) is 0 Å². The first-order valence-electron chi connectivity index (χ1n) is 9.19. The van der Waals surface area contributed by atoms with Crippen LogP contribution in [-0.4, -0.2) is 53.2 Å². The number of nitrogens with zero attached hydrogens (tertiary/aromatic N) is 2. The quantitative estimate of drug-likeness (QED) is 0.893. The van der Waals surface area contributed by atoms with E-state index in [9.17, 15) is 13.9 Å². The Morgan fingerprint density at radius 3 is 2.38 bits per heavy atom. The van der Waals surface area contributed by atoms with Crippen LogP contribution in [-0.2, 0) is 6.54 Å². The maximum Gasteiger partial charge on any atom is 0.126 e. The summed E-state index contributed by atoms with van der Waals surface area (Å²) in [5.74, 6) is -1.03. The molecular weight excluding hydrogens is 310 g/mol. The number of rotatable bonds is 5. The molecule has 1 aromatic rings. The molecular formula is C19H28F2N2O. The van der Waals surface area contributed by atoms with Crippen LogP contribution >= 0.6 is 0 Å². The maximum absolute atomic E-state index is 13.4. The first kappa shape index (κ1) is 17.8. The molecule has 1 atom stereocenters. The van der Waals surface area contributed by atoms with E-state index in [4.69, 9.17) is 0 Å². The number of benzene rings is 1. The molecule has 2 fully saturated rings. The summed E-state index contributed by atoms with van der Waals surface area (Å²) in [5, 5.41) is 9.44. The van der Waals surface area contributed by atoms with Crippen molar-refractivity contribution in [2.45, 2.75) is 57.2 Å². The summed E-state index contributed by atoms with van der Waals surface area (Å²) in [7, 11) is 0. The van der Waals surface area contributed by atoms with Crippen LogP contribution in [0.2, 0.25) is 0 Å². The molecule has 1 saturated carbocycles. The summed E-state index contributed by atoms with van der Waals surface area (Å²) in [6.45, 7) is 3.50. The lowest BCUT2D eigenvalue weighted by molar-refractivity contribution is 0.0136. The zero-order valence-corrected chi connectivity index (χ0v) is 14.3. The average molecular weight is 338 g/mol. The van der Waals surface area contributed by atoms with Gasteiger partial charge < -0.3 is 5.11 Å². The van der Waals surface area contributed by atoms with Crippen LogP contribution < -0.4 is 0 Å². The molecule has 1 N–H and O–H groups in total. The van der Waals surface area contributed by atoms with Gasteiger partial charge in [-0.15, -0.1) is 0 Å². The van der Waals surface area contributed by atoms with Crippen LogP contribution in [0.15, 0.2) is 18.2 Å². The fourth-order valence-corrected chi connectivity index (χ4v) is 4.34. The number of halogens is 2. The van der Waals surface area contributed by atoms with Crippen LogP contribution in [0.5, 0.6) is 0 Å². The molecule has 1 aromatic carbocycles. The highest BCUT2D eigenvalue weighted by Gasteiger charge is 2.32. The van der Waals surface area contributed by atoms with Crippen molar-refractivity contribution in [1.29, 1.82) is 0 Å². The van der Waals surface area contributed by atoms with Crippen LogP contribution in [0.1, 0.15) is 44.1 Å². The molecule has 1 saturated heterocycles. The van der Waals surface area contributed by atoms with Gasteiger partial charge in [-0.25, -0.2) is 8.78 Å². The lowest BCUT2D eigenvalue weighted by Gasteiger charge is -2.46. The Morgan fingerprint density at radius 2 is 1.71 bits per heavy atom. The molecule has 0 radical (unpaired) electrons. The second kappa shape index (κ2) is 8.37. The molecule has 24 heavy (non-hydrogen) atoms. The van der Waals surface area contributed by atoms with E-state index in [2.05, 4.69) is 9.80 Å². The van der Waals surface area contributed by atoms with E-state index < -0.39 is 11.6 Å². The van der Waals surface area contributed by atoms with Gasteiger partial charge in [0.25, 0.3) is 0 Å². The molecule has 0 amide bonds. The smallest absolute Gasteiger partial charge is 0.126 e. The van der Waals surface area contributed by atoms with Gasteiger partial charge in [-0.3, -0.25) is 9.80 Å². The zero-order valence-electron chi connectivity index (χ0n) is 14.3. The van der Waals surface area contributed by atoms with E-state index in [1.807, 2.05) is 0 Å². The minimum Gasteiger partial charge on any atom is -0.396 e. The first-order chi connectivity index (χ1) is 11.7. The summed E-state index contributed by atoms with van der Waals surface area (Å²) in [6.07, 6.45) is 7.24. The molecule has 5 heteroatoms. The molecule has 1 aliphatic carbocycles. The summed E-state index contributed by atoms with van der Waals surface area (Å²) in [4.78, 5) is 4.84. The van der Waals surface area contributed by atoms with E-state index in [1.165, 1.54) is 44.2 Å². The average Bonchev–Trinajstić information content (AvgIpc) is 2.55. The van der Waals surface area contributed by atoms with Crippen LogP contribution in [0.4, 0.5) is 8.78 Å². The molecule has 2 aliphatic rings. The van der Waals surface area contributed by atoms with Crippen LogP contribution in [0.3, 0.4) is 0 Å². The number of hydrogen-bond donors (Lipinski definition) is 1. The van der Waals surface area contributed by atoms with Crippen molar-refractivity contribution in [3.8, 4) is 0 Å². The van der Waals surface area contributed by atoms with Gasteiger partial charge in [0.05, 0.1) is 0 Å². The molecule has 1 heterocycles. The Hall–Kier alpha value is -1.04. The third kappa shape index (κ3) is 4.52. The second-order valence-corrected chi connectivity index (χ2v) is 7.21. The van der Waals surface area contributed by atoms with Gasteiger partial charge in [0, 0.05) is 50.9 Å². The predicted molar refractivity (Wildman–Crippen MR) is 90.7 cm³/mol. The number of aliphatic hydroxyl groups is 1. The van der Waals surface area contributed by atoms with Gasteiger partial charge in [-0.1, -0.05) is 19.3 Å². The van der Waals surface area contributed by atoms with Gasteiger partial charge in [0.15, 0.2) is 0 Å². The minimum atomic E-state index is -0.516. The van der Waals surface area contributed by atoms with E-state index in [-0.39, 0.29) is 6.61 Å². The SMILES string of the molecule is OCC[C@@H]1CN(Cc2cc(F)cc(F)c2)CCN1C1CCCCC1. The van der Waals surface area contributed by atoms with Crippen molar-refractivity contribution in [1.82, 2.24) is 9.80 Å². The number of hydrogen-bond acceptors (Lipinski definition) is 3. The van der Waals surface area contributed by atoms with E-state index >= 15 is 0 Å². The van der Waals surface area contributed by atoms with Gasteiger partial charge in [0.1, 0.15) is 11.6 Å². The zero-order chi connectivity index (χ0) is 16.9. The predicted octanol–water partition coefficient (Wildman–Crippen LogP) is 3.17. The van der Waals surface area contributed by atoms with Crippen molar-refractivity contribution in [3.05, 3.63) is 35.4 Å². The third-order valence-corrected chi connectivity index (χ3v) is 5.45. The lowest BCUT2D eigenvalue weighted by Crippen LogP contribution is -2.56. The molecule has 0 unspecified atom stereocenters. The first-order valence-corrected chi connectivity index (χ1v) is 9.19. The lowest BCUT2D eigenvalue weighted by atomic mass is 9.91. The second-order valence-electron chi connectivity index (χ2n) is 7.21. The van der Waals surface area contributed by atoms with E-state index in [0.29, 0.717) is 24.2 Å². The fraction of sp³-hybridized carbons (Fsp3) is 0.684. The minimum absolute atomic E-state index is 0.191. The summed E-state index contributed by atoms with van der Waals surface area (Å²) >= 11 is 0. The Balaban J connectivity index is 1.63. The maximum atomic E-state index is 13.4. The highest BCUT2D eigenvalue weighted by molar-refractivity contribution is 5.18. The highest BCUT2D eigenvalue weighted by Crippen LogP contribution is 2.27. The number of aliphatic hydroxyl groups excluding tert-OH is 1. The molecule has 0 spiro atoms. The molecule has 0 aromatic heterocycles. The highest BCUT2D eigenvalue weighted by atomic mass is 19.1. The van der Waals surface area contributed by atoms with Crippen LogP contribution in [0, 0.1) is 11.6 Å². The fourth-order valence-electron chi connectivity index (χ4n) is 4.34. The van der Waals surface area contributed by atoms with Gasteiger partial charge in [0.2, 0.25) is 0 Å². The Bertz CT molecular complexity index is 514. The summed E-state index contributed by atoms with van der Waals surface area (Å²) in [5.41, 5.74) is 0.682. The van der Waals surface area contributed by atoms with Gasteiger partial charge >= 0.3 is 0 Å². The summed E-state index contributed by atoms with van der Waals surface area (Å²) < 4.78 is 26.8. The molecule has 0 bridgehead atoms. The molecule has 3 nitrogen and oxygen atoms in total. The van der Waals surface area contributed by atoms with E-state index in [0.717, 1.165) is 32.1 Å². The van der Waals surface area contributed by atoms with Crippen molar-refractivity contribution >= 4 is 0 Å². The third-order valence-electron chi connectivity index (χ3n) is 5.45. The Labute approximate surface area is 143 Å². The largest absolute Gasteiger partial charge is 0.396 e. The number of piperazine rings is 1. The normalized spacial score (nSPS) is 24.4. The Morgan fingerprint density at radius 1 is 1.00 bits per heavy atom. The molecule has 3 rings (SSSR count). The van der Waals surface area contributed by atoms with Gasteiger partial charge in [-0.05, 0) is 37.0 Å². The monoisotopic (exact) mass is 338 g/mol. The molecule has 1 aliphatic heterocycles. The van der Waals surface area contributed by atoms with Gasteiger partial charge in [-0.2, -0.15) is 0 Å². The van der Waals surface area contributed by atoms with Crippen molar-refractivity contribution in [3.63, 3.8) is 0 Å². The van der Waals surface area contributed by atoms with E-state index in [1.54, 1.807) is 0 Å². The van der Waals surface area contributed by atoms with Crippen molar-refractivity contribution in [2.75, 3.05) is 26.2 Å². The topological polar surface area (TPSA) is 26.7 Å². The Kier molecular flexibility index (Phi) is 6.19. The molecule has 134 valence electrons. The standard InChI is InChI=1S/C19H28F2N2O/c20-16-10-15(11-17(21)12-16)13-22-7-8-23(19(14-22)6-9-24)18-4-2-1-3-5-18/h10-12,18-19,24H,1-9,13-14H2/t19-/m1/s1. The van der Waals surface area contributed by atoms with Crippen LogP contribution in [0.25, 0.3) is 0 Å².